The summed E-state index contributed by atoms with van der Waals surface area (Å²) < 4.78 is 0. The predicted molar refractivity (Wildman–Crippen MR) is 45.9 cm³/mol. The minimum atomic E-state index is -1.18. The van der Waals surface area contributed by atoms with Crippen molar-refractivity contribution in [1.82, 2.24) is 5.48 Å². The smallest absolute Gasteiger partial charge is 0.335 e. The van der Waals surface area contributed by atoms with E-state index in [4.69, 9.17) is 5.11 Å². The fourth-order valence-corrected chi connectivity index (χ4v) is 0.738. The van der Waals surface area contributed by atoms with Crippen molar-refractivity contribution in [1.29, 1.82) is 0 Å². The van der Waals surface area contributed by atoms with Gasteiger partial charge in [-0.1, -0.05) is 19.8 Å². The average Bonchev–Trinajstić information content (AvgIpc) is 2.02. The maximum Gasteiger partial charge on any atom is 0.335 e. The Balaban J connectivity index is 3.22. The van der Waals surface area contributed by atoms with E-state index in [0.29, 0.717) is 6.54 Å². The normalized spacial score (nSPS) is 9.62. The molecule has 0 aromatic carbocycles. The Morgan fingerprint density at radius 2 is 2.08 bits per heavy atom. The van der Waals surface area contributed by atoms with Crippen molar-refractivity contribution in [2.45, 2.75) is 32.6 Å². The van der Waals surface area contributed by atoms with Crippen molar-refractivity contribution < 1.29 is 19.5 Å². The summed E-state index contributed by atoms with van der Waals surface area (Å²) in [6.45, 7) is 2.63. The average molecular weight is 189 g/mol. The Bertz CT molecular complexity index is 170. The minimum Gasteiger partial charge on any atom is -0.481 e. The zero-order chi connectivity index (χ0) is 10.1. The molecule has 0 aliphatic carbocycles. The van der Waals surface area contributed by atoms with E-state index in [1.54, 1.807) is 0 Å². The van der Waals surface area contributed by atoms with Crippen LogP contribution in [0.4, 0.5) is 0 Å². The zero-order valence-corrected chi connectivity index (χ0v) is 7.71. The Morgan fingerprint density at radius 3 is 2.62 bits per heavy atom. The molecule has 0 bridgehead atoms. The van der Waals surface area contributed by atoms with Crippen molar-refractivity contribution in [2.24, 2.45) is 0 Å². The molecule has 76 valence electrons. The SMILES string of the molecule is CCCCCNOC(=O)CC(=O)O. The van der Waals surface area contributed by atoms with Gasteiger partial charge in [0, 0.05) is 6.54 Å². The lowest BCUT2D eigenvalue weighted by Crippen LogP contribution is -2.22. The molecule has 5 heteroatoms. The lowest BCUT2D eigenvalue weighted by atomic mass is 10.3. The van der Waals surface area contributed by atoms with E-state index in [9.17, 15) is 9.59 Å². The first-order chi connectivity index (χ1) is 6.16. The monoisotopic (exact) mass is 189 g/mol. The van der Waals surface area contributed by atoms with Gasteiger partial charge in [-0.05, 0) is 6.42 Å². The van der Waals surface area contributed by atoms with Gasteiger partial charge in [-0.15, -0.1) is 0 Å². The molecule has 0 fully saturated rings. The molecule has 0 atom stereocenters. The highest BCUT2D eigenvalue weighted by atomic mass is 16.7. The van der Waals surface area contributed by atoms with Crippen LogP contribution < -0.4 is 5.48 Å². The number of carboxylic acid groups (broad SMARTS) is 1. The zero-order valence-electron chi connectivity index (χ0n) is 7.71. The second kappa shape index (κ2) is 7.54. The van der Waals surface area contributed by atoms with Crippen LogP contribution in [-0.2, 0) is 14.4 Å². The quantitative estimate of drug-likeness (QED) is 0.350. The number of hydrogen-bond donors (Lipinski definition) is 2. The summed E-state index contributed by atoms with van der Waals surface area (Å²) >= 11 is 0. The van der Waals surface area contributed by atoms with E-state index in [2.05, 4.69) is 17.2 Å². The fourth-order valence-electron chi connectivity index (χ4n) is 0.738. The lowest BCUT2D eigenvalue weighted by molar-refractivity contribution is -0.156. The lowest BCUT2D eigenvalue weighted by Gasteiger charge is -2.03. The van der Waals surface area contributed by atoms with E-state index in [1.807, 2.05) is 0 Å². The Morgan fingerprint density at radius 1 is 1.38 bits per heavy atom. The summed E-state index contributed by atoms with van der Waals surface area (Å²) in [4.78, 5) is 25.1. The molecule has 2 N–H and O–H groups in total. The van der Waals surface area contributed by atoms with Crippen LogP contribution in [0.3, 0.4) is 0 Å². The van der Waals surface area contributed by atoms with Crippen LogP contribution in [-0.4, -0.2) is 23.6 Å². The molecule has 0 unspecified atom stereocenters. The third-order valence-electron chi connectivity index (χ3n) is 1.36. The first-order valence-electron chi connectivity index (χ1n) is 4.31. The van der Waals surface area contributed by atoms with Crippen LogP contribution in [0, 0.1) is 0 Å². The maximum atomic E-state index is 10.6. The number of rotatable bonds is 7. The molecule has 0 amide bonds. The first-order valence-corrected chi connectivity index (χ1v) is 4.31. The van der Waals surface area contributed by atoms with Crippen LogP contribution in [0.2, 0.25) is 0 Å². The highest BCUT2D eigenvalue weighted by Crippen LogP contribution is 1.91. The Hall–Kier alpha value is -1.10. The van der Waals surface area contributed by atoms with Crippen LogP contribution in [0.25, 0.3) is 0 Å². The molecule has 5 nitrogen and oxygen atoms in total. The van der Waals surface area contributed by atoms with E-state index in [0.717, 1.165) is 19.3 Å². The number of nitrogens with one attached hydrogen (secondary N) is 1. The molecule has 0 aliphatic rings. The molecule has 0 radical (unpaired) electrons. The minimum absolute atomic E-state index is 0.569. The summed E-state index contributed by atoms with van der Waals surface area (Å²) in [6, 6.07) is 0. The summed E-state index contributed by atoms with van der Waals surface area (Å²) in [5, 5.41) is 8.20. The summed E-state index contributed by atoms with van der Waals surface area (Å²) in [7, 11) is 0. The van der Waals surface area contributed by atoms with Crippen LogP contribution >= 0.6 is 0 Å². The van der Waals surface area contributed by atoms with Gasteiger partial charge >= 0.3 is 11.9 Å². The van der Waals surface area contributed by atoms with Gasteiger partial charge in [0.1, 0.15) is 6.42 Å². The molecule has 0 heterocycles. The predicted octanol–water partition coefficient (Wildman–Crippen LogP) is 0.699. The molecule has 0 saturated heterocycles. The fraction of sp³-hybridized carbons (Fsp3) is 0.750. The molecule has 0 aliphatic heterocycles. The number of hydroxylamine groups is 1. The standard InChI is InChI=1S/C8H15NO4/c1-2-3-4-5-9-13-8(12)6-7(10)11/h9H,2-6H2,1H3,(H,10,11). The second-order valence-electron chi connectivity index (χ2n) is 2.65. The van der Waals surface area contributed by atoms with E-state index in [1.165, 1.54) is 0 Å². The van der Waals surface area contributed by atoms with Gasteiger partial charge in [0.25, 0.3) is 0 Å². The van der Waals surface area contributed by atoms with E-state index >= 15 is 0 Å². The number of hydrogen-bond acceptors (Lipinski definition) is 4. The number of aliphatic carboxylic acids is 1. The molecule has 0 rings (SSSR count). The molecule has 0 aromatic rings. The Labute approximate surface area is 77.0 Å². The molecule has 0 spiro atoms. The van der Waals surface area contributed by atoms with Crippen molar-refractivity contribution in [3.05, 3.63) is 0 Å². The summed E-state index contributed by atoms with van der Waals surface area (Å²) in [5.41, 5.74) is 2.41. The first kappa shape index (κ1) is 11.9. The summed E-state index contributed by atoms with van der Waals surface area (Å²) in [5.74, 6) is -1.94. The van der Waals surface area contributed by atoms with Crippen molar-refractivity contribution in [3.63, 3.8) is 0 Å². The number of carbonyl (C=O) groups is 2. The van der Waals surface area contributed by atoms with Crippen molar-refractivity contribution >= 4 is 11.9 Å². The number of carbonyl (C=O) groups excluding carboxylic acids is 1. The molecular formula is C8H15NO4. The van der Waals surface area contributed by atoms with Crippen molar-refractivity contribution in [2.75, 3.05) is 6.54 Å². The topological polar surface area (TPSA) is 75.6 Å². The van der Waals surface area contributed by atoms with Gasteiger partial charge in [-0.25, -0.2) is 4.79 Å². The van der Waals surface area contributed by atoms with Gasteiger partial charge in [-0.3, -0.25) is 4.79 Å². The van der Waals surface area contributed by atoms with Crippen LogP contribution in [0.15, 0.2) is 0 Å². The van der Waals surface area contributed by atoms with Gasteiger partial charge in [0.2, 0.25) is 0 Å². The van der Waals surface area contributed by atoms with Crippen LogP contribution in [0.5, 0.6) is 0 Å². The summed E-state index contributed by atoms with van der Waals surface area (Å²) in [6.07, 6.45) is 2.46. The maximum absolute atomic E-state index is 10.6. The molecular weight excluding hydrogens is 174 g/mol. The number of unbranched alkanes of at least 4 members (excludes halogenated alkanes) is 2. The molecule has 13 heavy (non-hydrogen) atoms. The van der Waals surface area contributed by atoms with Gasteiger partial charge < -0.3 is 9.94 Å². The van der Waals surface area contributed by atoms with Gasteiger partial charge in [0.05, 0.1) is 0 Å². The molecule has 0 saturated carbocycles. The largest absolute Gasteiger partial charge is 0.481 e. The third-order valence-corrected chi connectivity index (χ3v) is 1.36. The Kier molecular flexibility index (Phi) is 6.91. The highest BCUT2D eigenvalue weighted by Gasteiger charge is 2.07. The van der Waals surface area contributed by atoms with E-state index in [-0.39, 0.29) is 0 Å². The molecule has 0 aromatic heterocycles. The van der Waals surface area contributed by atoms with Crippen LogP contribution in [0.1, 0.15) is 32.6 Å². The highest BCUT2D eigenvalue weighted by molar-refractivity contribution is 5.89. The number of carboxylic acids is 1. The van der Waals surface area contributed by atoms with Crippen molar-refractivity contribution in [3.8, 4) is 0 Å². The third kappa shape index (κ3) is 8.81. The second-order valence-corrected chi connectivity index (χ2v) is 2.65. The van der Waals surface area contributed by atoms with Gasteiger partial charge in [0.15, 0.2) is 0 Å². The van der Waals surface area contributed by atoms with Gasteiger partial charge in [-0.2, -0.15) is 5.48 Å². The van der Waals surface area contributed by atoms with E-state index < -0.39 is 18.4 Å².